The third kappa shape index (κ3) is 2.48. The minimum atomic E-state index is 0.729. The highest BCUT2D eigenvalue weighted by Crippen LogP contribution is 2.26. The zero-order valence-electron chi connectivity index (χ0n) is 7.82. The minimum absolute atomic E-state index is 0.729. The maximum absolute atomic E-state index is 3.62. The average molecular weight is 213 g/mol. The lowest BCUT2D eigenvalue weighted by atomic mass is 10.2. The summed E-state index contributed by atoms with van der Waals surface area (Å²) in [5.74, 6) is 1.32. The zero-order valence-corrected chi connectivity index (χ0v) is 9.46. The Hall–Kier alpha value is 0.01000. The van der Waals surface area contributed by atoms with Crippen molar-refractivity contribution in [2.24, 2.45) is 0 Å². The molecule has 1 aliphatic heterocycles. The van der Waals surface area contributed by atoms with Gasteiger partial charge in [-0.05, 0) is 23.6 Å². The fourth-order valence-electron chi connectivity index (χ4n) is 1.64. The third-order valence-electron chi connectivity index (χ3n) is 2.49. The van der Waals surface area contributed by atoms with E-state index >= 15 is 0 Å². The topological polar surface area (TPSA) is 12.0 Å². The first-order chi connectivity index (χ1) is 6.36. The van der Waals surface area contributed by atoms with Gasteiger partial charge in [-0.3, -0.25) is 0 Å². The Labute approximate surface area is 87.9 Å². The lowest BCUT2D eigenvalue weighted by Gasteiger charge is -2.15. The van der Waals surface area contributed by atoms with Gasteiger partial charge in [-0.25, -0.2) is 0 Å². The molecule has 1 aromatic heterocycles. The highest BCUT2D eigenvalue weighted by molar-refractivity contribution is 8.00. The van der Waals surface area contributed by atoms with E-state index in [1.807, 2.05) is 11.3 Å². The summed E-state index contributed by atoms with van der Waals surface area (Å²) in [7, 11) is 0. The molecule has 2 heterocycles. The van der Waals surface area contributed by atoms with E-state index in [-0.39, 0.29) is 0 Å². The largest absolute Gasteiger partial charge is 0.308 e. The van der Waals surface area contributed by atoms with Crippen LogP contribution in [0.1, 0.15) is 18.2 Å². The fraction of sp³-hybridized carbons (Fsp3) is 0.600. The van der Waals surface area contributed by atoms with Gasteiger partial charge in [-0.2, -0.15) is 11.8 Å². The molecule has 1 nitrogen and oxygen atoms in total. The molecule has 1 aliphatic rings. The van der Waals surface area contributed by atoms with Crippen LogP contribution in [0.3, 0.4) is 0 Å². The van der Waals surface area contributed by atoms with Gasteiger partial charge in [0, 0.05) is 22.7 Å². The predicted molar refractivity (Wildman–Crippen MR) is 61.5 cm³/mol. The molecule has 2 atom stereocenters. The Balaban J connectivity index is 1.79. The first-order valence-electron chi connectivity index (χ1n) is 4.73. The van der Waals surface area contributed by atoms with Crippen molar-refractivity contribution in [2.75, 3.05) is 5.75 Å². The fourth-order valence-corrected chi connectivity index (χ4v) is 3.53. The summed E-state index contributed by atoms with van der Waals surface area (Å²) in [6.07, 6.45) is 1.33. The van der Waals surface area contributed by atoms with Crippen molar-refractivity contribution < 1.29 is 0 Å². The number of hydrogen-bond donors (Lipinski definition) is 1. The van der Waals surface area contributed by atoms with E-state index in [1.165, 1.54) is 17.1 Å². The molecule has 1 saturated heterocycles. The molecule has 0 aliphatic carbocycles. The van der Waals surface area contributed by atoms with Crippen LogP contribution < -0.4 is 5.32 Å². The van der Waals surface area contributed by atoms with Crippen LogP contribution in [0.5, 0.6) is 0 Å². The Morgan fingerprint density at radius 1 is 1.62 bits per heavy atom. The smallest absolute Gasteiger partial charge is 0.0302 e. The Bertz CT molecular complexity index is 245. The SMILES string of the molecule is CC1SCCC1NCc1cccs1. The average Bonchev–Trinajstić information content (AvgIpc) is 2.72. The second-order valence-electron chi connectivity index (χ2n) is 3.43. The van der Waals surface area contributed by atoms with Crippen molar-refractivity contribution >= 4 is 23.1 Å². The minimum Gasteiger partial charge on any atom is -0.308 e. The number of rotatable bonds is 3. The third-order valence-corrected chi connectivity index (χ3v) is 4.70. The van der Waals surface area contributed by atoms with Gasteiger partial charge in [0.05, 0.1) is 0 Å². The summed E-state index contributed by atoms with van der Waals surface area (Å²) in [4.78, 5) is 1.45. The quantitative estimate of drug-likeness (QED) is 0.828. The second-order valence-corrected chi connectivity index (χ2v) is 5.95. The molecular weight excluding hydrogens is 198 g/mol. The number of thiophene rings is 1. The Kier molecular flexibility index (Phi) is 3.30. The Morgan fingerprint density at radius 2 is 2.54 bits per heavy atom. The van der Waals surface area contributed by atoms with Gasteiger partial charge in [0.25, 0.3) is 0 Å². The van der Waals surface area contributed by atoms with Crippen molar-refractivity contribution in [2.45, 2.75) is 31.2 Å². The van der Waals surface area contributed by atoms with Gasteiger partial charge in [-0.1, -0.05) is 13.0 Å². The molecule has 0 spiro atoms. The van der Waals surface area contributed by atoms with E-state index in [4.69, 9.17) is 0 Å². The summed E-state index contributed by atoms with van der Waals surface area (Å²) < 4.78 is 0. The molecule has 1 fully saturated rings. The van der Waals surface area contributed by atoms with Crippen LogP contribution in [0.2, 0.25) is 0 Å². The van der Waals surface area contributed by atoms with Crippen LogP contribution in [0.4, 0.5) is 0 Å². The molecule has 0 amide bonds. The van der Waals surface area contributed by atoms with E-state index < -0.39 is 0 Å². The van der Waals surface area contributed by atoms with Crippen LogP contribution in [0, 0.1) is 0 Å². The number of hydrogen-bond acceptors (Lipinski definition) is 3. The van der Waals surface area contributed by atoms with Crippen LogP contribution in [0.15, 0.2) is 17.5 Å². The van der Waals surface area contributed by atoms with Gasteiger partial charge in [0.1, 0.15) is 0 Å². The molecular formula is C10H15NS2. The first-order valence-corrected chi connectivity index (χ1v) is 6.66. The lowest BCUT2D eigenvalue weighted by molar-refractivity contribution is 0.515. The molecule has 0 bridgehead atoms. The van der Waals surface area contributed by atoms with E-state index in [1.54, 1.807) is 0 Å². The lowest BCUT2D eigenvalue weighted by Crippen LogP contribution is -2.32. The highest BCUT2D eigenvalue weighted by Gasteiger charge is 2.22. The molecule has 3 heteroatoms. The molecule has 2 unspecified atom stereocenters. The van der Waals surface area contributed by atoms with E-state index in [9.17, 15) is 0 Å². The van der Waals surface area contributed by atoms with Crippen molar-refractivity contribution in [3.05, 3.63) is 22.4 Å². The Morgan fingerprint density at radius 3 is 3.15 bits per heavy atom. The van der Waals surface area contributed by atoms with Crippen LogP contribution in [0.25, 0.3) is 0 Å². The predicted octanol–water partition coefficient (Wildman–Crippen LogP) is 2.73. The standard InChI is InChI=1S/C10H15NS2/c1-8-10(4-6-12-8)11-7-9-3-2-5-13-9/h2-3,5,8,10-11H,4,6-7H2,1H3. The molecule has 0 saturated carbocycles. The summed E-state index contributed by atoms with van der Waals surface area (Å²) >= 11 is 3.92. The normalized spacial score (nSPS) is 28.1. The molecule has 2 rings (SSSR count). The second kappa shape index (κ2) is 4.49. The summed E-state index contributed by atoms with van der Waals surface area (Å²) in [6, 6.07) is 5.05. The maximum atomic E-state index is 3.62. The maximum Gasteiger partial charge on any atom is 0.0302 e. The number of nitrogens with one attached hydrogen (secondary N) is 1. The van der Waals surface area contributed by atoms with E-state index in [2.05, 4.69) is 41.5 Å². The van der Waals surface area contributed by atoms with Gasteiger partial charge in [0.15, 0.2) is 0 Å². The number of thioether (sulfide) groups is 1. The summed E-state index contributed by atoms with van der Waals surface area (Å²) in [5, 5.41) is 6.56. The van der Waals surface area contributed by atoms with Gasteiger partial charge < -0.3 is 5.32 Å². The summed E-state index contributed by atoms with van der Waals surface area (Å²) in [6.45, 7) is 3.37. The van der Waals surface area contributed by atoms with Crippen molar-refractivity contribution in [3.8, 4) is 0 Å². The van der Waals surface area contributed by atoms with E-state index in [0.717, 1.165) is 17.8 Å². The molecule has 72 valence electrons. The van der Waals surface area contributed by atoms with Crippen molar-refractivity contribution in [1.82, 2.24) is 5.32 Å². The van der Waals surface area contributed by atoms with E-state index in [0.29, 0.717) is 0 Å². The first kappa shape index (κ1) is 9.56. The van der Waals surface area contributed by atoms with Gasteiger partial charge in [0.2, 0.25) is 0 Å². The van der Waals surface area contributed by atoms with Crippen LogP contribution in [-0.2, 0) is 6.54 Å². The monoisotopic (exact) mass is 213 g/mol. The molecule has 1 aromatic rings. The van der Waals surface area contributed by atoms with Crippen molar-refractivity contribution in [1.29, 1.82) is 0 Å². The van der Waals surface area contributed by atoms with Crippen molar-refractivity contribution in [3.63, 3.8) is 0 Å². The van der Waals surface area contributed by atoms with Gasteiger partial charge in [-0.15, -0.1) is 11.3 Å². The highest BCUT2D eigenvalue weighted by atomic mass is 32.2. The summed E-state index contributed by atoms with van der Waals surface area (Å²) in [5.41, 5.74) is 0. The molecule has 0 radical (unpaired) electrons. The molecule has 1 N–H and O–H groups in total. The van der Waals surface area contributed by atoms with Crippen LogP contribution in [-0.4, -0.2) is 17.0 Å². The van der Waals surface area contributed by atoms with Gasteiger partial charge >= 0.3 is 0 Å². The zero-order chi connectivity index (χ0) is 9.10. The molecule has 13 heavy (non-hydrogen) atoms. The molecule has 0 aromatic carbocycles. The van der Waals surface area contributed by atoms with Crippen LogP contribution >= 0.6 is 23.1 Å².